The third-order valence-electron chi connectivity index (χ3n) is 22.6. The quantitative estimate of drug-likeness (QED) is 0.136. The van der Waals surface area contributed by atoms with Gasteiger partial charge in [-0.15, -0.1) is 0 Å². The molecule has 0 spiro atoms. The third-order valence-corrected chi connectivity index (χ3v) is 22.6. The van der Waals surface area contributed by atoms with Crippen LogP contribution in [0.15, 0.2) is 231 Å². The molecule has 0 unspecified atom stereocenters. The summed E-state index contributed by atoms with van der Waals surface area (Å²) in [6.45, 7) is 55.0. The molecule has 0 radical (unpaired) electrons. The van der Waals surface area contributed by atoms with Gasteiger partial charge >= 0.3 is 0 Å². The van der Waals surface area contributed by atoms with E-state index in [9.17, 15) is 0 Å². The van der Waals surface area contributed by atoms with Gasteiger partial charge in [-0.25, -0.2) is 29.9 Å². The Kier molecular flexibility index (Phi) is 18.7. The number of fused-ring (bicyclic) bond motifs is 6. The summed E-state index contributed by atoms with van der Waals surface area (Å²) in [5.41, 5.74) is 24.5. The van der Waals surface area contributed by atoms with Gasteiger partial charge in [-0.3, -0.25) is 0 Å². The summed E-state index contributed by atoms with van der Waals surface area (Å²) in [5.74, 6) is 3.65. The second kappa shape index (κ2) is 27.5. The molecule has 0 aliphatic heterocycles. The number of para-hydroxylation sites is 4. The normalized spacial score (nSPS) is 13.0. The molecule has 0 N–H and O–H groups in total. The van der Waals surface area contributed by atoms with Crippen LogP contribution < -0.4 is 0 Å². The van der Waals surface area contributed by atoms with E-state index in [-0.39, 0.29) is 43.3 Å². The van der Waals surface area contributed by atoms with Gasteiger partial charge in [0.1, 0.15) is 0 Å². The van der Waals surface area contributed by atoms with Gasteiger partial charge in [0.2, 0.25) is 0 Å². The number of hydrogen-bond acceptors (Lipinski definition) is 6. The molecule has 15 aromatic rings. The number of hydrogen-bond donors (Lipinski definition) is 0. The lowest BCUT2D eigenvalue weighted by atomic mass is 9.79. The molecule has 0 atom stereocenters. The fraction of sp³-hybridized carbons (Fsp3) is 0.308. The van der Waals surface area contributed by atoms with E-state index < -0.39 is 0 Å². The lowest BCUT2D eigenvalue weighted by Gasteiger charge is -2.26. The molecule has 15 rings (SSSR count). The zero-order chi connectivity index (χ0) is 79.9. The molecule has 4 heterocycles. The van der Waals surface area contributed by atoms with Gasteiger partial charge in [-0.05, 0) is 214 Å². The van der Waals surface area contributed by atoms with Gasteiger partial charge in [0.25, 0.3) is 0 Å². The molecule has 0 fully saturated rings. The van der Waals surface area contributed by atoms with E-state index in [0.29, 0.717) is 34.9 Å². The standard InChI is InChI=1S/C104H110N8/c1-97(2,3)71-49-67(50-72(59-71)98(4,5)6)92-105-91(106-93(107-92)68-51-73(99(7,8)9)60-74(52-68)100(10,11)12)66-45-47-89(111-85-40-29-25-36-79(85)80-37-26-30-41-86(80)111)83(58-66)65-35-33-34-63(48-65)64-44-46-90(112-87-42-31-27-38-81(87)82-39-28-32-43-88(82)112)84(57-64)96-109-94(69-53-75(101(13,14)15)61-76(54-69)102(16,17)18)108-95(110-96)70-55-77(103(19,20)21)62-78(56-70)104(22,23)24/h25-62H,1-24H3. The van der Waals surface area contributed by atoms with E-state index >= 15 is 0 Å². The van der Waals surface area contributed by atoms with E-state index in [0.717, 1.165) is 89.1 Å². The van der Waals surface area contributed by atoms with Crippen molar-refractivity contribution < 1.29 is 0 Å². The minimum absolute atomic E-state index is 0.148. The Morgan fingerprint density at radius 1 is 0.179 bits per heavy atom. The maximum atomic E-state index is 5.80. The third kappa shape index (κ3) is 14.9. The van der Waals surface area contributed by atoms with Crippen molar-refractivity contribution >= 4 is 43.6 Å². The van der Waals surface area contributed by atoms with Gasteiger partial charge in [0.05, 0.1) is 33.4 Å². The maximum Gasteiger partial charge on any atom is 0.166 e. The largest absolute Gasteiger partial charge is 0.309 e. The lowest BCUT2D eigenvalue weighted by Crippen LogP contribution is -2.17. The molecule has 0 aliphatic carbocycles. The molecule has 0 bridgehead atoms. The van der Waals surface area contributed by atoms with Crippen LogP contribution in [0.1, 0.15) is 211 Å². The summed E-state index contributed by atoms with van der Waals surface area (Å²) in [6.07, 6.45) is 0. The van der Waals surface area contributed by atoms with Crippen LogP contribution in [-0.2, 0) is 43.3 Å². The molecule has 0 amide bonds. The van der Waals surface area contributed by atoms with Crippen LogP contribution in [0.25, 0.3) is 146 Å². The first-order valence-electron chi connectivity index (χ1n) is 40.1. The zero-order valence-electron chi connectivity index (χ0n) is 70.5. The Morgan fingerprint density at radius 3 is 0.705 bits per heavy atom. The van der Waals surface area contributed by atoms with Crippen LogP contribution in [0.2, 0.25) is 0 Å². The molecule has 0 saturated carbocycles. The highest BCUT2D eigenvalue weighted by Crippen LogP contribution is 2.46. The Balaban J connectivity index is 1.01. The Morgan fingerprint density at radius 2 is 0.411 bits per heavy atom. The summed E-state index contributed by atoms with van der Waals surface area (Å²) >= 11 is 0. The lowest BCUT2D eigenvalue weighted by molar-refractivity contribution is 0.568. The van der Waals surface area contributed by atoms with Crippen molar-refractivity contribution in [3.63, 3.8) is 0 Å². The van der Waals surface area contributed by atoms with Crippen molar-refractivity contribution in [1.29, 1.82) is 0 Å². The van der Waals surface area contributed by atoms with Gasteiger partial charge in [-0.1, -0.05) is 287 Å². The molecular formula is C104H110N8. The highest BCUT2D eigenvalue weighted by molar-refractivity contribution is 6.11. The second-order valence-electron chi connectivity index (χ2n) is 39.6. The molecule has 112 heavy (non-hydrogen) atoms. The Labute approximate surface area is 665 Å². The van der Waals surface area contributed by atoms with E-state index in [1.807, 2.05) is 0 Å². The van der Waals surface area contributed by atoms with Crippen LogP contribution >= 0.6 is 0 Å². The summed E-state index contributed by atoms with van der Waals surface area (Å²) in [6, 6.07) is 85.8. The van der Waals surface area contributed by atoms with Gasteiger partial charge < -0.3 is 9.13 Å². The highest BCUT2D eigenvalue weighted by atomic mass is 15.1. The van der Waals surface area contributed by atoms with Crippen molar-refractivity contribution in [2.75, 3.05) is 0 Å². The number of rotatable bonds is 10. The van der Waals surface area contributed by atoms with E-state index in [1.54, 1.807) is 0 Å². The van der Waals surface area contributed by atoms with Crippen molar-refractivity contribution in [2.24, 2.45) is 0 Å². The minimum Gasteiger partial charge on any atom is -0.309 e. The molecule has 8 nitrogen and oxygen atoms in total. The van der Waals surface area contributed by atoms with Crippen molar-refractivity contribution in [2.45, 2.75) is 209 Å². The number of aromatic nitrogens is 8. The molecule has 11 aromatic carbocycles. The van der Waals surface area contributed by atoms with Crippen LogP contribution in [0.5, 0.6) is 0 Å². The fourth-order valence-electron chi connectivity index (χ4n) is 15.4. The fourth-order valence-corrected chi connectivity index (χ4v) is 15.4. The average molecular weight is 1470 g/mol. The molecule has 4 aromatic heterocycles. The average Bonchev–Trinajstić information content (AvgIpc) is 1.50. The summed E-state index contributed by atoms with van der Waals surface area (Å²) < 4.78 is 4.85. The number of nitrogens with zero attached hydrogens (tertiary/aromatic N) is 8. The molecule has 8 heteroatoms. The molecular weight excluding hydrogens is 1360 g/mol. The monoisotopic (exact) mass is 1470 g/mol. The minimum atomic E-state index is -0.166. The summed E-state index contributed by atoms with van der Waals surface area (Å²) in [4.78, 5) is 34.1. The van der Waals surface area contributed by atoms with Gasteiger partial charge in [-0.2, -0.15) is 0 Å². The SMILES string of the molecule is CC(C)(C)c1cc(-c2nc(-c3cc(C(C)(C)C)cc(C(C)(C)C)c3)nc(-c3ccc(-n4c5ccccc5c5ccccc54)c(-c4cccc(-c5ccc(-n6c7ccccc7c7ccccc76)c(-c6nc(-c7cc(C(C)(C)C)cc(C(C)(C)C)c7)nc(-c7cc(C(C)(C)C)cc(C(C)(C)C)c7)n6)c5)c4)c3)n2)cc(C(C)(C)C)c1. The predicted octanol–water partition coefficient (Wildman–Crippen LogP) is 28.0. The first-order valence-corrected chi connectivity index (χ1v) is 40.1. The second-order valence-corrected chi connectivity index (χ2v) is 39.6. The van der Waals surface area contributed by atoms with Crippen molar-refractivity contribution in [1.82, 2.24) is 39.0 Å². The smallest absolute Gasteiger partial charge is 0.166 e. The topological polar surface area (TPSA) is 87.2 Å². The highest BCUT2D eigenvalue weighted by Gasteiger charge is 2.31. The predicted molar refractivity (Wildman–Crippen MR) is 475 cm³/mol. The van der Waals surface area contributed by atoms with Crippen molar-refractivity contribution in [3.05, 3.63) is 275 Å². The van der Waals surface area contributed by atoms with Crippen LogP contribution in [0, 0.1) is 0 Å². The van der Waals surface area contributed by atoms with Crippen LogP contribution in [-0.4, -0.2) is 39.0 Å². The van der Waals surface area contributed by atoms with E-state index in [4.69, 9.17) is 29.9 Å². The van der Waals surface area contributed by atoms with E-state index in [1.165, 1.54) is 66.1 Å². The Bertz CT molecular complexity index is 5790. The first-order chi connectivity index (χ1) is 52.5. The van der Waals surface area contributed by atoms with Crippen LogP contribution in [0.3, 0.4) is 0 Å². The Hall–Kier alpha value is -11.0. The van der Waals surface area contributed by atoms with Gasteiger partial charge in [0.15, 0.2) is 34.9 Å². The maximum absolute atomic E-state index is 5.80. The van der Waals surface area contributed by atoms with Gasteiger partial charge in [0, 0.05) is 60.5 Å². The first kappa shape index (κ1) is 76.4. The zero-order valence-corrected chi connectivity index (χ0v) is 70.5. The molecule has 566 valence electrons. The van der Waals surface area contributed by atoms with Crippen LogP contribution in [0.4, 0.5) is 0 Å². The number of benzene rings is 11. The van der Waals surface area contributed by atoms with E-state index in [2.05, 4.69) is 406 Å². The van der Waals surface area contributed by atoms with Crippen molar-refractivity contribution in [3.8, 4) is 102 Å². The summed E-state index contributed by atoms with van der Waals surface area (Å²) in [5, 5.41) is 4.70. The summed E-state index contributed by atoms with van der Waals surface area (Å²) in [7, 11) is 0. The molecule has 0 saturated heterocycles. The molecule has 0 aliphatic rings.